The van der Waals surface area contributed by atoms with Gasteiger partial charge >= 0.3 is 0 Å². The van der Waals surface area contributed by atoms with Crippen LogP contribution in [0.15, 0.2) is 65.7 Å². The number of nitrogens with zero attached hydrogens (tertiary/aromatic N) is 2. The number of hydrogen-bond acceptors (Lipinski definition) is 3. The lowest BCUT2D eigenvalue weighted by molar-refractivity contribution is -0.116. The Morgan fingerprint density at radius 1 is 1.08 bits per heavy atom. The van der Waals surface area contributed by atoms with Gasteiger partial charge in [-0.1, -0.05) is 24.3 Å². The van der Waals surface area contributed by atoms with E-state index in [-0.39, 0.29) is 10.8 Å². The summed E-state index contributed by atoms with van der Waals surface area (Å²) in [5.41, 5.74) is 1.55. The van der Waals surface area contributed by atoms with Gasteiger partial charge in [-0.15, -0.1) is 0 Å². The molecule has 3 aromatic rings. The van der Waals surface area contributed by atoms with Crippen LogP contribution >= 0.6 is 0 Å². The van der Waals surface area contributed by atoms with Gasteiger partial charge in [0.2, 0.25) is 15.9 Å². The number of aromatic nitrogens is 1. The summed E-state index contributed by atoms with van der Waals surface area (Å²) in [5, 5.41) is 3.90. The number of rotatable bonds is 6. The van der Waals surface area contributed by atoms with E-state index in [1.54, 1.807) is 12.1 Å². The van der Waals surface area contributed by atoms with E-state index in [1.807, 2.05) is 41.1 Å². The van der Waals surface area contributed by atoms with Crippen molar-refractivity contribution < 1.29 is 13.2 Å². The summed E-state index contributed by atoms with van der Waals surface area (Å²) in [6.45, 7) is 0.551. The first-order valence-corrected chi connectivity index (χ1v) is 9.68. The van der Waals surface area contributed by atoms with Gasteiger partial charge in [0.05, 0.1) is 4.90 Å². The number of aryl methyl sites for hydroxylation is 1. The number of nitrogens with one attached hydrogen (secondary N) is 1. The first kappa shape index (κ1) is 18.2. The molecule has 3 rings (SSSR count). The minimum atomic E-state index is -3.53. The monoisotopic (exact) mass is 371 g/mol. The van der Waals surface area contributed by atoms with Gasteiger partial charge in [-0.2, -0.15) is 0 Å². The fourth-order valence-corrected chi connectivity index (χ4v) is 3.67. The number of para-hydroxylation sites is 1. The second-order valence-corrected chi connectivity index (χ2v) is 8.33. The van der Waals surface area contributed by atoms with Crippen molar-refractivity contribution in [2.24, 2.45) is 0 Å². The van der Waals surface area contributed by atoms with Crippen LogP contribution in [0.1, 0.15) is 6.42 Å². The second-order valence-electron chi connectivity index (χ2n) is 6.18. The minimum absolute atomic E-state index is 0.150. The van der Waals surface area contributed by atoms with Crippen molar-refractivity contribution in [2.75, 3.05) is 19.4 Å². The van der Waals surface area contributed by atoms with Crippen molar-refractivity contribution in [3.05, 3.63) is 60.8 Å². The van der Waals surface area contributed by atoms with Crippen LogP contribution in [0.4, 0.5) is 5.69 Å². The van der Waals surface area contributed by atoms with Crippen molar-refractivity contribution in [3.8, 4) is 0 Å². The molecule has 1 aromatic heterocycles. The Balaban J connectivity index is 1.67. The van der Waals surface area contributed by atoms with Gasteiger partial charge in [0, 0.05) is 44.5 Å². The SMILES string of the molecule is CN(C)S(=O)(=O)c1cccc(NC(=O)CCn2ccc3ccccc32)c1. The molecule has 26 heavy (non-hydrogen) atoms. The topological polar surface area (TPSA) is 71.4 Å². The molecule has 0 fully saturated rings. The average Bonchev–Trinajstić information content (AvgIpc) is 3.03. The van der Waals surface area contributed by atoms with E-state index in [2.05, 4.69) is 5.32 Å². The van der Waals surface area contributed by atoms with Gasteiger partial charge in [0.25, 0.3) is 0 Å². The maximum absolute atomic E-state index is 12.3. The lowest BCUT2D eigenvalue weighted by atomic mass is 10.2. The van der Waals surface area contributed by atoms with Crippen molar-refractivity contribution in [3.63, 3.8) is 0 Å². The summed E-state index contributed by atoms with van der Waals surface area (Å²) in [4.78, 5) is 12.4. The highest BCUT2D eigenvalue weighted by Crippen LogP contribution is 2.19. The zero-order chi connectivity index (χ0) is 18.7. The smallest absolute Gasteiger partial charge is 0.242 e. The molecule has 0 aliphatic heterocycles. The van der Waals surface area contributed by atoms with E-state index in [9.17, 15) is 13.2 Å². The van der Waals surface area contributed by atoms with E-state index in [0.717, 1.165) is 15.2 Å². The maximum Gasteiger partial charge on any atom is 0.242 e. The number of carbonyl (C=O) groups is 1. The molecule has 0 bridgehead atoms. The Labute approximate surface area is 153 Å². The van der Waals surface area contributed by atoms with E-state index < -0.39 is 10.0 Å². The molecular weight excluding hydrogens is 350 g/mol. The van der Waals surface area contributed by atoms with Crippen molar-refractivity contribution in [2.45, 2.75) is 17.9 Å². The summed E-state index contributed by atoms with van der Waals surface area (Å²) < 4.78 is 27.5. The van der Waals surface area contributed by atoms with Crippen LogP contribution < -0.4 is 5.32 Å². The minimum Gasteiger partial charge on any atom is -0.347 e. The normalized spacial score (nSPS) is 11.8. The van der Waals surface area contributed by atoms with E-state index in [4.69, 9.17) is 0 Å². The van der Waals surface area contributed by atoms with Crippen LogP contribution in [0.25, 0.3) is 10.9 Å². The number of hydrogen-bond donors (Lipinski definition) is 1. The van der Waals surface area contributed by atoms with Crippen LogP contribution in [0.2, 0.25) is 0 Å². The quantitative estimate of drug-likeness (QED) is 0.724. The molecule has 1 amide bonds. The third-order valence-electron chi connectivity index (χ3n) is 4.16. The number of anilines is 1. The van der Waals surface area contributed by atoms with Gasteiger partial charge in [-0.25, -0.2) is 12.7 Å². The third kappa shape index (κ3) is 3.79. The molecule has 1 N–H and O–H groups in total. The lowest BCUT2D eigenvalue weighted by Crippen LogP contribution is -2.22. The molecule has 0 saturated carbocycles. The first-order chi connectivity index (χ1) is 12.4. The number of carbonyl (C=O) groups excluding carboxylic acids is 1. The van der Waals surface area contributed by atoms with Crippen LogP contribution in [0.3, 0.4) is 0 Å². The number of fused-ring (bicyclic) bond motifs is 1. The molecule has 1 heterocycles. The van der Waals surface area contributed by atoms with E-state index in [1.165, 1.54) is 26.2 Å². The molecule has 0 spiro atoms. The Bertz CT molecular complexity index is 1040. The van der Waals surface area contributed by atoms with Crippen LogP contribution in [0.5, 0.6) is 0 Å². The summed E-state index contributed by atoms with van der Waals surface area (Å²) in [6, 6.07) is 16.3. The van der Waals surface area contributed by atoms with Crippen LogP contribution in [0, 0.1) is 0 Å². The van der Waals surface area contributed by atoms with Gasteiger partial charge in [-0.05, 0) is 35.7 Å². The Morgan fingerprint density at radius 3 is 2.62 bits per heavy atom. The number of amides is 1. The van der Waals surface area contributed by atoms with Crippen LogP contribution in [-0.4, -0.2) is 37.3 Å². The summed E-state index contributed by atoms with van der Waals surface area (Å²) in [7, 11) is -0.581. The molecule has 2 aromatic carbocycles. The fourth-order valence-electron chi connectivity index (χ4n) is 2.73. The Hall–Kier alpha value is -2.64. The van der Waals surface area contributed by atoms with Crippen molar-refractivity contribution in [1.29, 1.82) is 0 Å². The highest BCUT2D eigenvalue weighted by Gasteiger charge is 2.17. The summed E-state index contributed by atoms with van der Waals surface area (Å²) >= 11 is 0. The highest BCUT2D eigenvalue weighted by molar-refractivity contribution is 7.89. The lowest BCUT2D eigenvalue weighted by Gasteiger charge is -2.13. The van der Waals surface area contributed by atoms with E-state index >= 15 is 0 Å². The molecule has 0 saturated heterocycles. The molecule has 0 radical (unpaired) electrons. The maximum atomic E-state index is 12.3. The van der Waals surface area contributed by atoms with Crippen molar-refractivity contribution in [1.82, 2.24) is 8.87 Å². The first-order valence-electron chi connectivity index (χ1n) is 8.24. The zero-order valence-corrected chi connectivity index (χ0v) is 15.5. The van der Waals surface area contributed by atoms with Crippen molar-refractivity contribution >= 4 is 32.5 Å². The summed E-state index contributed by atoms with van der Waals surface area (Å²) in [6.07, 6.45) is 2.26. The highest BCUT2D eigenvalue weighted by atomic mass is 32.2. The molecular formula is C19H21N3O3S. The largest absolute Gasteiger partial charge is 0.347 e. The van der Waals surface area contributed by atoms with E-state index in [0.29, 0.717) is 18.7 Å². The fraction of sp³-hybridized carbons (Fsp3) is 0.211. The molecule has 0 aliphatic rings. The predicted octanol–water partition coefficient (Wildman–Crippen LogP) is 2.92. The van der Waals surface area contributed by atoms with Gasteiger partial charge in [-0.3, -0.25) is 4.79 Å². The Kier molecular flexibility index (Phi) is 5.11. The molecule has 0 unspecified atom stereocenters. The third-order valence-corrected chi connectivity index (χ3v) is 5.97. The van der Waals surface area contributed by atoms with Gasteiger partial charge in [0.15, 0.2) is 0 Å². The molecule has 0 atom stereocenters. The second kappa shape index (κ2) is 7.31. The molecule has 7 heteroatoms. The molecule has 6 nitrogen and oxygen atoms in total. The number of benzene rings is 2. The zero-order valence-electron chi connectivity index (χ0n) is 14.7. The molecule has 0 aliphatic carbocycles. The van der Waals surface area contributed by atoms with Crippen LogP contribution in [-0.2, 0) is 21.4 Å². The van der Waals surface area contributed by atoms with Gasteiger partial charge in [0.1, 0.15) is 0 Å². The molecule has 136 valence electrons. The standard InChI is InChI=1S/C19H21N3O3S/c1-21(2)26(24,25)17-8-5-7-16(14-17)20-19(23)11-13-22-12-10-15-6-3-4-9-18(15)22/h3-10,12,14H,11,13H2,1-2H3,(H,20,23). The number of sulfonamides is 1. The van der Waals surface area contributed by atoms with Gasteiger partial charge < -0.3 is 9.88 Å². The Morgan fingerprint density at radius 2 is 1.85 bits per heavy atom. The predicted molar refractivity (Wildman–Crippen MR) is 102 cm³/mol. The average molecular weight is 371 g/mol. The summed E-state index contributed by atoms with van der Waals surface area (Å²) in [5.74, 6) is -0.165.